The molecule has 0 bridgehead atoms. The van der Waals surface area contributed by atoms with Crippen LogP contribution in [0, 0.1) is 11.8 Å². The van der Waals surface area contributed by atoms with E-state index in [-0.39, 0.29) is 0 Å². The van der Waals surface area contributed by atoms with Crippen molar-refractivity contribution in [3.05, 3.63) is 16.9 Å². The molecule has 1 saturated heterocycles. The lowest BCUT2D eigenvalue weighted by Gasteiger charge is -2.18. The van der Waals surface area contributed by atoms with Gasteiger partial charge in [0.05, 0.1) is 10.7 Å². The van der Waals surface area contributed by atoms with Gasteiger partial charge < -0.3 is 4.90 Å². The van der Waals surface area contributed by atoms with Crippen LogP contribution in [0.3, 0.4) is 0 Å². The van der Waals surface area contributed by atoms with Gasteiger partial charge in [0.1, 0.15) is 0 Å². The van der Waals surface area contributed by atoms with Gasteiger partial charge in [-0.3, -0.25) is 4.68 Å². The summed E-state index contributed by atoms with van der Waals surface area (Å²) in [5, 5.41) is 4.32. The molecule has 1 fully saturated rings. The highest BCUT2D eigenvalue weighted by atomic mass is 79.9. The summed E-state index contributed by atoms with van der Waals surface area (Å²) in [6.45, 7) is 9.36. The van der Waals surface area contributed by atoms with E-state index in [1.807, 2.05) is 10.9 Å². The first-order valence-electron chi connectivity index (χ1n) is 6.04. The predicted molar refractivity (Wildman–Crippen MR) is 69.3 cm³/mol. The quantitative estimate of drug-likeness (QED) is 0.848. The summed E-state index contributed by atoms with van der Waals surface area (Å²) in [4.78, 5) is 2.58. The first kappa shape index (κ1) is 12.1. The number of hydrogen-bond acceptors (Lipinski definition) is 2. The molecule has 0 aromatic carbocycles. The van der Waals surface area contributed by atoms with Crippen LogP contribution in [0.2, 0.25) is 0 Å². The third kappa shape index (κ3) is 3.32. The summed E-state index contributed by atoms with van der Waals surface area (Å²) in [5.41, 5.74) is 0. The molecular weight excluding hydrogens is 266 g/mol. The zero-order valence-corrected chi connectivity index (χ0v) is 11.7. The lowest BCUT2D eigenvalue weighted by molar-refractivity contribution is 0.280. The van der Waals surface area contributed by atoms with Crippen LogP contribution in [0.1, 0.15) is 20.3 Å². The van der Waals surface area contributed by atoms with Crippen molar-refractivity contribution < 1.29 is 0 Å². The second kappa shape index (κ2) is 5.32. The highest BCUT2D eigenvalue weighted by Crippen LogP contribution is 2.19. The van der Waals surface area contributed by atoms with Crippen LogP contribution in [0.5, 0.6) is 0 Å². The largest absolute Gasteiger partial charge is 0.303 e. The molecule has 1 aliphatic rings. The summed E-state index contributed by atoms with van der Waals surface area (Å²) in [5.74, 6) is 1.54. The summed E-state index contributed by atoms with van der Waals surface area (Å²) < 4.78 is 3.12. The summed E-state index contributed by atoms with van der Waals surface area (Å²) in [7, 11) is 0. The fourth-order valence-corrected chi connectivity index (χ4v) is 2.77. The van der Waals surface area contributed by atoms with E-state index in [4.69, 9.17) is 0 Å². The smallest absolute Gasteiger partial charge is 0.0632 e. The normalized spacial score (nSPS) is 22.1. The van der Waals surface area contributed by atoms with Crippen LogP contribution in [-0.4, -0.2) is 34.3 Å². The van der Waals surface area contributed by atoms with Gasteiger partial charge in [0.15, 0.2) is 0 Å². The molecule has 0 aliphatic carbocycles. The third-order valence-electron chi connectivity index (χ3n) is 3.04. The van der Waals surface area contributed by atoms with E-state index in [1.165, 1.54) is 26.1 Å². The van der Waals surface area contributed by atoms with Gasteiger partial charge in [-0.1, -0.05) is 13.8 Å². The van der Waals surface area contributed by atoms with Crippen molar-refractivity contribution in [2.45, 2.75) is 26.8 Å². The van der Waals surface area contributed by atoms with E-state index in [0.29, 0.717) is 0 Å². The van der Waals surface area contributed by atoms with Gasteiger partial charge in [-0.15, -0.1) is 0 Å². The molecule has 4 heteroatoms. The monoisotopic (exact) mass is 285 g/mol. The molecule has 3 nitrogen and oxygen atoms in total. The van der Waals surface area contributed by atoms with Gasteiger partial charge in [0, 0.05) is 25.8 Å². The zero-order valence-electron chi connectivity index (χ0n) is 10.1. The van der Waals surface area contributed by atoms with Crippen LogP contribution in [0.15, 0.2) is 16.9 Å². The van der Waals surface area contributed by atoms with E-state index in [9.17, 15) is 0 Å². The Labute approximate surface area is 106 Å². The van der Waals surface area contributed by atoms with Crippen LogP contribution in [-0.2, 0) is 6.54 Å². The maximum absolute atomic E-state index is 4.32. The van der Waals surface area contributed by atoms with Crippen LogP contribution >= 0.6 is 15.9 Å². The fourth-order valence-electron chi connectivity index (χ4n) is 2.45. The highest BCUT2D eigenvalue weighted by molar-refractivity contribution is 9.10. The topological polar surface area (TPSA) is 21.1 Å². The minimum atomic E-state index is 0.769. The Balaban J connectivity index is 1.80. The molecule has 2 rings (SSSR count). The van der Waals surface area contributed by atoms with Crippen LogP contribution < -0.4 is 0 Å². The average Bonchev–Trinajstić information content (AvgIpc) is 2.76. The number of likely N-dealkylation sites (tertiary alicyclic amines) is 1. The van der Waals surface area contributed by atoms with Crippen molar-refractivity contribution in [1.29, 1.82) is 0 Å². The van der Waals surface area contributed by atoms with Crippen LogP contribution in [0.4, 0.5) is 0 Å². The number of nitrogens with zero attached hydrogens (tertiary/aromatic N) is 3. The summed E-state index contributed by atoms with van der Waals surface area (Å²) in [6, 6.07) is 0. The van der Waals surface area contributed by atoms with Crippen LogP contribution in [0.25, 0.3) is 0 Å². The van der Waals surface area contributed by atoms with Gasteiger partial charge in [0.25, 0.3) is 0 Å². The second-order valence-corrected chi connectivity index (χ2v) is 6.10. The molecule has 0 saturated carbocycles. The minimum absolute atomic E-state index is 0.769. The Morgan fingerprint density at radius 2 is 2.38 bits per heavy atom. The van der Waals surface area contributed by atoms with Gasteiger partial charge in [-0.05, 0) is 40.7 Å². The molecule has 2 heterocycles. The SMILES string of the molecule is CC(C)CN1CCC(Cn2cc(Br)cn2)C1. The molecule has 16 heavy (non-hydrogen) atoms. The zero-order chi connectivity index (χ0) is 11.5. The molecule has 1 atom stereocenters. The molecule has 1 aromatic heterocycles. The molecule has 90 valence electrons. The van der Waals surface area contributed by atoms with Gasteiger partial charge in [-0.25, -0.2) is 0 Å². The van der Waals surface area contributed by atoms with E-state index >= 15 is 0 Å². The molecule has 1 aliphatic heterocycles. The number of halogens is 1. The van der Waals surface area contributed by atoms with Crippen molar-refractivity contribution in [2.24, 2.45) is 11.8 Å². The molecule has 0 amide bonds. The first-order valence-corrected chi connectivity index (χ1v) is 6.83. The van der Waals surface area contributed by atoms with Gasteiger partial charge in [0.2, 0.25) is 0 Å². The predicted octanol–water partition coefficient (Wildman–Crippen LogP) is 2.62. The Kier molecular flexibility index (Phi) is 4.03. The number of hydrogen-bond donors (Lipinski definition) is 0. The summed E-state index contributed by atoms with van der Waals surface area (Å²) in [6.07, 6.45) is 5.23. The Morgan fingerprint density at radius 3 is 3.00 bits per heavy atom. The standard InChI is InChI=1S/C12H20BrN3/c1-10(2)6-15-4-3-11(7-15)8-16-9-12(13)5-14-16/h5,9-11H,3-4,6-8H2,1-2H3. The number of rotatable bonds is 4. The first-order chi connectivity index (χ1) is 7.63. The summed E-state index contributed by atoms with van der Waals surface area (Å²) >= 11 is 3.43. The maximum atomic E-state index is 4.32. The van der Waals surface area contributed by atoms with E-state index in [2.05, 4.69) is 46.0 Å². The van der Waals surface area contributed by atoms with Gasteiger partial charge >= 0.3 is 0 Å². The molecule has 0 radical (unpaired) electrons. The second-order valence-electron chi connectivity index (χ2n) is 5.19. The Bertz CT molecular complexity index is 335. The maximum Gasteiger partial charge on any atom is 0.0632 e. The van der Waals surface area contributed by atoms with E-state index in [1.54, 1.807) is 0 Å². The highest BCUT2D eigenvalue weighted by Gasteiger charge is 2.23. The Hall–Kier alpha value is -0.350. The number of aromatic nitrogens is 2. The fraction of sp³-hybridized carbons (Fsp3) is 0.750. The van der Waals surface area contributed by atoms with E-state index < -0.39 is 0 Å². The average molecular weight is 286 g/mol. The Morgan fingerprint density at radius 1 is 1.56 bits per heavy atom. The molecule has 0 N–H and O–H groups in total. The van der Waals surface area contributed by atoms with Crippen molar-refractivity contribution in [3.63, 3.8) is 0 Å². The molecule has 0 spiro atoms. The molecule has 1 aromatic rings. The minimum Gasteiger partial charge on any atom is -0.303 e. The van der Waals surface area contributed by atoms with Gasteiger partial charge in [-0.2, -0.15) is 5.10 Å². The third-order valence-corrected chi connectivity index (χ3v) is 3.45. The van der Waals surface area contributed by atoms with Crippen molar-refractivity contribution in [1.82, 2.24) is 14.7 Å². The van der Waals surface area contributed by atoms with E-state index in [0.717, 1.165) is 22.9 Å². The molecular formula is C12H20BrN3. The van der Waals surface area contributed by atoms with Crippen molar-refractivity contribution in [2.75, 3.05) is 19.6 Å². The molecule has 1 unspecified atom stereocenters. The lowest BCUT2D eigenvalue weighted by atomic mass is 10.1. The van der Waals surface area contributed by atoms with Crippen molar-refractivity contribution >= 4 is 15.9 Å². The van der Waals surface area contributed by atoms with Crippen molar-refractivity contribution in [3.8, 4) is 0 Å². The lowest BCUT2D eigenvalue weighted by Crippen LogP contribution is -2.26.